The lowest BCUT2D eigenvalue weighted by atomic mass is 9.96. The van der Waals surface area contributed by atoms with E-state index in [-0.39, 0.29) is 37.3 Å². The second kappa shape index (κ2) is 5.18. The Morgan fingerprint density at radius 3 is 2.35 bits per heavy atom. The highest BCUT2D eigenvalue weighted by atomic mass is 19.4. The average molecular weight is 291 g/mol. The third-order valence-electron chi connectivity index (χ3n) is 3.30. The molecule has 1 aromatic heterocycles. The van der Waals surface area contributed by atoms with Crippen LogP contribution in [-0.4, -0.2) is 41.1 Å². The molecule has 0 aliphatic carbocycles. The summed E-state index contributed by atoms with van der Waals surface area (Å²) < 4.78 is 42.3. The van der Waals surface area contributed by atoms with Crippen molar-refractivity contribution in [2.45, 2.75) is 19.0 Å². The van der Waals surface area contributed by atoms with Crippen LogP contribution >= 0.6 is 0 Å². The van der Waals surface area contributed by atoms with E-state index in [4.69, 9.17) is 9.52 Å². The summed E-state index contributed by atoms with van der Waals surface area (Å²) in [5.74, 6) is -3.38. The Hall–Kier alpha value is -1.99. The van der Waals surface area contributed by atoms with Crippen molar-refractivity contribution in [1.29, 1.82) is 0 Å². The molecule has 1 fully saturated rings. The predicted molar refractivity (Wildman–Crippen MR) is 60.3 cm³/mol. The Morgan fingerprint density at radius 2 is 1.90 bits per heavy atom. The lowest BCUT2D eigenvalue weighted by Crippen LogP contribution is -2.42. The van der Waals surface area contributed by atoms with Gasteiger partial charge < -0.3 is 14.4 Å². The van der Waals surface area contributed by atoms with Gasteiger partial charge in [-0.05, 0) is 12.8 Å². The number of carboxylic acids is 1. The lowest BCUT2D eigenvalue weighted by molar-refractivity contribution is -0.183. The van der Waals surface area contributed by atoms with Gasteiger partial charge in [-0.2, -0.15) is 13.2 Å². The van der Waals surface area contributed by atoms with Crippen LogP contribution < -0.4 is 0 Å². The molecule has 1 saturated heterocycles. The number of nitrogens with zero attached hydrogens (tertiary/aromatic N) is 1. The van der Waals surface area contributed by atoms with Crippen LogP contribution in [-0.2, 0) is 0 Å². The van der Waals surface area contributed by atoms with Gasteiger partial charge in [0.2, 0.25) is 0 Å². The molecule has 1 aliphatic heterocycles. The van der Waals surface area contributed by atoms with Crippen LogP contribution in [0.15, 0.2) is 16.7 Å². The van der Waals surface area contributed by atoms with E-state index in [0.717, 1.165) is 12.3 Å². The first kappa shape index (κ1) is 14.4. The minimum absolute atomic E-state index is 0.0217. The molecule has 0 aromatic carbocycles. The Bertz CT molecular complexity index is 515. The Labute approximate surface area is 112 Å². The number of halogens is 3. The van der Waals surface area contributed by atoms with Crippen LogP contribution in [0.1, 0.15) is 33.8 Å². The first-order chi connectivity index (χ1) is 9.29. The first-order valence-corrected chi connectivity index (χ1v) is 5.97. The van der Waals surface area contributed by atoms with Crippen molar-refractivity contribution in [2.24, 2.45) is 5.92 Å². The lowest BCUT2D eigenvalue weighted by Gasteiger charge is -2.32. The van der Waals surface area contributed by atoms with Crippen LogP contribution in [0.2, 0.25) is 0 Å². The molecule has 0 saturated carbocycles. The summed E-state index contributed by atoms with van der Waals surface area (Å²) in [4.78, 5) is 23.8. The summed E-state index contributed by atoms with van der Waals surface area (Å²) in [6.07, 6.45) is -3.61. The predicted octanol–water partition coefficient (Wildman–Crippen LogP) is 2.39. The molecule has 0 atom stereocenters. The minimum atomic E-state index is -4.24. The van der Waals surface area contributed by atoms with Gasteiger partial charge in [-0.25, -0.2) is 4.79 Å². The van der Waals surface area contributed by atoms with E-state index in [1.165, 1.54) is 4.90 Å². The number of hydrogen-bond donors (Lipinski definition) is 1. The van der Waals surface area contributed by atoms with E-state index in [1.807, 2.05) is 0 Å². The van der Waals surface area contributed by atoms with Crippen molar-refractivity contribution in [2.75, 3.05) is 13.1 Å². The van der Waals surface area contributed by atoms with Crippen molar-refractivity contribution in [3.63, 3.8) is 0 Å². The third kappa shape index (κ3) is 2.94. The maximum absolute atomic E-state index is 12.5. The van der Waals surface area contributed by atoms with Crippen molar-refractivity contribution >= 4 is 11.9 Å². The number of carbonyl (C=O) groups excluding carboxylic acids is 1. The van der Waals surface area contributed by atoms with Gasteiger partial charge in [0.15, 0.2) is 5.76 Å². The molecule has 110 valence electrons. The molecule has 1 amide bonds. The molecule has 2 heterocycles. The van der Waals surface area contributed by atoms with Crippen molar-refractivity contribution in [3.8, 4) is 0 Å². The summed E-state index contributed by atoms with van der Waals surface area (Å²) in [6.45, 7) is -0.0434. The van der Waals surface area contributed by atoms with E-state index >= 15 is 0 Å². The summed E-state index contributed by atoms with van der Waals surface area (Å²) in [5, 5.41) is 8.70. The van der Waals surface area contributed by atoms with Gasteiger partial charge in [-0.3, -0.25) is 4.79 Å². The molecule has 0 bridgehead atoms. The molecule has 0 radical (unpaired) electrons. The highest BCUT2D eigenvalue weighted by Crippen LogP contribution is 2.34. The van der Waals surface area contributed by atoms with Crippen LogP contribution in [0.3, 0.4) is 0 Å². The van der Waals surface area contributed by atoms with Crippen LogP contribution in [0.25, 0.3) is 0 Å². The number of carboxylic acid groups (broad SMARTS) is 1. The van der Waals surface area contributed by atoms with E-state index in [2.05, 4.69) is 0 Å². The van der Waals surface area contributed by atoms with Gasteiger partial charge in [0.05, 0.1) is 11.5 Å². The molecule has 20 heavy (non-hydrogen) atoms. The monoisotopic (exact) mass is 291 g/mol. The van der Waals surface area contributed by atoms with Crippen molar-refractivity contribution in [1.82, 2.24) is 4.90 Å². The van der Waals surface area contributed by atoms with Crippen LogP contribution in [0.4, 0.5) is 13.2 Å². The molecule has 1 aliphatic rings. The summed E-state index contributed by atoms with van der Waals surface area (Å²) >= 11 is 0. The highest BCUT2D eigenvalue weighted by Gasteiger charge is 2.42. The molecular weight excluding hydrogens is 279 g/mol. The van der Waals surface area contributed by atoms with E-state index in [0.29, 0.717) is 0 Å². The molecule has 8 heteroatoms. The van der Waals surface area contributed by atoms with Gasteiger partial charge in [0.25, 0.3) is 5.91 Å². The van der Waals surface area contributed by atoms with Crippen molar-refractivity contribution in [3.05, 3.63) is 23.7 Å². The van der Waals surface area contributed by atoms with Gasteiger partial charge in [-0.1, -0.05) is 0 Å². The van der Waals surface area contributed by atoms with Crippen LogP contribution in [0, 0.1) is 5.92 Å². The number of aromatic carboxylic acids is 1. The SMILES string of the molecule is O=C(O)c1coc(C(=O)N2CCC(C(F)(F)F)CC2)c1. The largest absolute Gasteiger partial charge is 0.478 e. The maximum Gasteiger partial charge on any atom is 0.391 e. The average Bonchev–Trinajstić information content (AvgIpc) is 2.86. The fourth-order valence-electron chi connectivity index (χ4n) is 2.13. The number of furan rings is 1. The Balaban J connectivity index is 1.99. The molecule has 1 N–H and O–H groups in total. The van der Waals surface area contributed by atoms with E-state index in [1.54, 1.807) is 0 Å². The van der Waals surface area contributed by atoms with Gasteiger partial charge >= 0.3 is 12.1 Å². The molecule has 2 rings (SSSR count). The fraction of sp³-hybridized carbons (Fsp3) is 0.500. The number of hydrogen-bond acceptors (Lipinski definition) is 3. The molecule has 0 spiro atoms. The van der Waals surface area contributed by atoms with E-state index in [9.17, 15) is 22.8 Å². The second-order valence-corrected chi connectivity index (χ2v) is 4.61. The number of amides is 1. The minimum Gasteiger partial charge on any atom is -0.478 e. The number of alkyl halides is 3. The Kier molecular flexibility index (Phi) is 3.74. The zero-order valence-electron chi connectivity index (χ0n) is 10.3. The fourth-order valence-corrected chi connectivity index (χ4v) is 2.13. The maximum atomic E-state index is 12.5. The number of carbonyl (C=O) groups is 2. The quantitative estimate of drug-likeness (QED) is 0.908. The summed E-state index contributed by atoms with van der Waals surface area (Å²) in [7, 11) is 0. The number of piperidine rings is 1. The van der Waals surface area contributed by atoms with Crippen molar-refractivity contribution < 1.29 is 32.3 Å². The number of rotatable bonds is 2. The molecule has 1 aromatic rings. The number of likely N-dealkylation sites (tertiary alicyclic amines) is 1. The summed E-state index contributed by atoms with van der Waals surface area (Å²) in [5.41, 5.74) is -0.168. The topological polar surface area (TPSA) is 70.7 Å². The smallest absolute Gasteiger partial charge is 0.391 e. The second-order valence-electron chi connectivity index (χ2n) is 4.61. The molecule has 0 unspecified atom stereocenters. The first-order valence-electron chi connectivity index (χ1n) is 5.97. The molecular formula is C12H12F3NO4. The Morgan fingerprint density at radius 1 is 1.30 bits per heavy atom. The normalized spacial score (nSPS) is 17.2. The van der Waals surface area contributed by atoms with Gasteiger partial charge in [-0.15, -0.1) is 0 Å². The highest BCUT2D eigenvalue weighted by molar-refractivity contribution is 5.95. The zero-order chi connectivity index (χ0) is 14.9. The van der Waals surface area contributed by atoms with Crippen LogP contribution in [0.5, 0.6) is 0 Å². The van der Waals surface area contributed by atoms with Gasteiger partial charge in [0, 0.05) is 19.2 Å². The van der Waals surface area contributed by atoms with E-state index < -0.39 is 24.0 Å². The standard InChI is InChI=1S/C12H12F3NO4/c13-12(14,15)8-1-3-16(4-2-8)10(17)9-5-7(6-20-9)11(18)19/h5-6,8H,1-4H2,(H,18,19). The summed E-state index contributed by atoms with van der Waals surface area (Å²) in [6, 6.07) is 1.07. The zero-order valence-corrected chi connectivity index (χ0v) is 10.3. The van der Waals surface area contributed by atoms with Gasteiger partial charge in [0.1, 0.15) is 6.26 Å². The third-order valence-corrected chi connectivity index (χ3v) is 3.30. The molecule has 5 nitrogen and oxygen atoms in total.